The van der Waals surface area contributed by atoms with Gasteiger partial charge in [0.05, 0.1) is 12.0 Å². The van der Waals surface area contributed by atoms with E-state index in [9.17, 15) is 8.42 Å². The molecule has 3 N–H and O–H groups in total. The van der Waals surface area contributed by atoms with E-state index in [4.69, 9.17) is 9.32 Å². The van der Waals surface area contributed by atoms with E-state index in [1.54, 1.807) is 6.33 Å². The first kappa shape index (κ1) is 19.6. The fourth-order valence-electron chi connectivity index (χ4n) is 4.68. The van der Waals surface area contributed by atoms with Gasteiger partial charge in [0.25, 0.3) is 0 Å². The first-order chi connectivity index (χ1) is 13.5. The number of nitrogens with one attached hydrogen (secondary N) is 1. The molecule has 9 heteroatoms. The summed E-state index contributed by atoms with van der Waals surface area (Å²) in [5, 5.41) is 9.52. The molecule has 4 rings (SSSR count). The van der Waals surface area contributed by atoms with E-state index in [0.29, 0.717) is 0 Å². The van der Waals surface area contributed by atoms with Crippen LogP contribution in [-0.2, 0) is 14.5 Å². The molecule has 2 atom stereocenters. The summed E-state index contributed by atoms with van der Waals surface area (Å²) < 4.78 is 29.0. The lowest BCUT2D eigenvalue weighted by Crippen LogP contribution is -2.19. The minimum Gasteiger partial charge on any atom is -0.369 e. The second kappa shape index (κ2) is 8.34. The molecule has 2 fully saturated rings. The van der Waals surface area contributed by atoms with Crippen molar-refractivity contribution in [3.05, 3.63) is 18.6 Å². The van der Waals surface area contributed by atoms with Crippen LogP contribution in [0.4, 0.5) is 5.82 Å². The van der Waals surface area contributed by atoms with Gasteiger partial charge in [0.15, 0.2) is 0 Å². The van der Waals surface area contributed by atoms with Crippen molar-refractivity contribution in [3.63, 3.8) is 0 Å². The predicted octanol–water partition coefficient (Wildman–Crippen LogP) is 2.98. The molecule has 0 aromatic carbocycles. The van der Waals surface area contributed by atoms with E-state index in [1.165, 1.54) is 32.1 Å². The summed E-state index contributed by atoms with van der Waals surface area (Å²) in [6.07, 6.45) is 13.1. The molecular formula is C19H29N5O3S. The van der Waals surface area contributed by atoms with Crippen molar-refractivity contribution in [2.75, 3.05) is 18.5 Å². The van der Waals surface area contributed by atoms with E-state index in [0.717, 1.165) is 48.6 Å². The molecule has 2 saturated carbocycles. The summed E-state index contributed by atoms with van der Waals surface area (Å²) >= 11 is 0. The van der Waals surface area contributed by atoms with Crippen LogP contribution in [0.1, 0.15) is 57.4 Å². The Bertz CT molecular complexity index is 907. The molecule has 2 aliphatic carbocycles. The largest absolute Gasteiger partial charge is 0.369 e. The Kier molecular flexibility index (Phi) is 5.84. The van der Waals surface area contributed by atoms with Gasteiger partial charge in [-0.15, -0.1) is 0 Å². The number of nitrogens with zero attached hydrogens (tertiary/aromatic N) is 3. The Morgan fingerprint density at radius 1 is 1.14 bits per heavy atom. The average molecular weight is 408 g/mol. The van der Waals surface area contributed by atoms with Gasteiger partial charge in [-0.05, 0) is 50.0 Å². The molecule has 0 radical (unpaired) electrons. The third-order valence-corrected chi connectivity index (χ3v) is 6.63. The highest BCUT2D eigenvalue weighted by Gasteiger charge is 2.28. The summed E-state index contributed by atoms with van der Waals surface area (Å²) in [6, 6.07) is 2.36. The quantitative estimate of drug-likeness (QED) is 0.730. The van der Waals surface area contributed by atoms with Crippen molar-refractivity contribution < 1.29 is 12.6 Å². The standard InChI is InChI=1S/C19H29N5O3S/c20-28(25,26)27-12-15-6-7-16(10-15)24-9-8-17-18(22-13-23-19(17)24)21-11-14-4-2-1-3-5-14/h8-9,13-16H,1-7,10-12H2,(H2,20,25,26)(H,21,22,23)/t15-,16-/m0/s1. The molecule has 0 amide bonds. The highest BCUT2D eigenvalue weighted by atomic mass is 32.2. The monoisotopic (exact) mass is 407 g/mol. The molecule has 2 aliphatic rings. The summed E-state index contributed by atoms with van der Waals surface area (Å²) in [6.45, 7) is 1.12. The maximum absolute atomic E-state index is 11.0. The summed E-state index contributed by atoms with van der Waals surface area (Å²) in [5.74, 6) is 1.82. The Hall–Kier alpha value is -1.71. The fourth-order valence-corrected chi connectivity index (χ4v) is 5.06. The SMILES string of the molecule is NS(=O)(=O)OC[C@H]1CC[C@H](n2ccc3c(NCC4CCCCC4)ncnc32)C1. The zero-order chi connectivity index (χ0) is 19.6. The van der Waals surface area contributed by atoms with Gasteiger partial charge in [-0.3, -0.25) is 4.18 Å². The average Bonchev–Trinajstić information content (AvgIpc) is 3.32. The second-order valence-electron chi connectivity index (χ2n) is 8.18. The predicted molar refractivity (Wildman–Crippen MR) is 108 cm³/mol. The number of hydrogen-bond acceptors (Lipinski definition) is 6. The Labute approximate surface area is 166 Å². The lowest BCUT2D eigenvalue weighted by Gasteiger charge is -2.22. The number of rotatable bonds is 7. The first-order valence-electron chi connectivity index (χ1n) is 10.2. The number of nitrogens with two attached hydrogens (primary N) is 1. The zero-order valence-corrected chi connectivity index (χ0v) is 16.9. The molecule has 0 bridgehead atoms. The number of hydrogen-bond donors (Lipinski definition) is 2. The van der Waals surface area contributed by atoms with E-state index in [1.807, 2.05) is 0 Å². The van der Waals surface area contributed by atoms with Gasteiger partial charge in [-0.25, -0.2) is 15.1 Å². The van der Waals surface area contributed by atoms with Crippen molar-refractivity contribution in [1.82, 2.24) is 14.5 Å². The van der Waals surface area contributed by atoms with Gasteiger partial charge >= 0.3 is 10.3 Å². The third kappa shape index (κ3) is 4.64. The van der Waals surface area contributed by atoms with Crippen LogP contribution >= 0.6 is 0 Å². The molecule has 0 aliphatic heterocycles. The van der Waals surface area contributed by atoms with Gasteiger partial charge in [0.2, 0.25) is 0 Å². The zero-order valence-electron chi connectivity index (χ0n) is 16.1. The number of fused-ring (bicyclic) bond motifs is 1. The number of aromatic nitrogens is 3. The van der Waals surface area contributed by atoms with Gasteiger partial charge < -0.3 is 9.88 Å². The Morgan fingerprint density at radius 3 is 2.75 bits per heavy atom. The van der Waals surface area contributed by atoms with Crippen LogP contribution in [-0.4, -0.2) is 36.1 Å². The van der Waals surface area contributed by atoms with Crippen LogP contribution < -0.4 is 10.5 Å². The number of anilines is 1. The van der Waals surface area contributed by atoms with E-state index in [-0.39, 0.29) is 18.6 Å². The summed E-state index contributed by atoms with van der Waals surface area (Å²) in [5.41, 5.74) is 0.930. The van der Waals surface area contributed by atoms with Crippen molar-refractivity contribution in [2.45, 2.75) is 57.4 Å². The highest BCUT2D eigenvalue weighted by Crippen LogP contribution is 2.37. The molecule has 0 unspecified atom stereocenters. The lowest BCUT2D eigenvalue weighted by atomic mass is 9.89. The molecule has 2 aromatic heterocycles. The van der Waals surface area contributed by atoms with E-state index < -0.39 is 10.3 Å². The van der Waals surface area contributed by atoms with Crippen LogP contribution in [0.5, 0.6) is 0 Å². The molecule has 0 saturated heterocycles. The summed E-state index contributed by atoms with van der Waals surface area (Å²) in [4.78, 5) is 8.98. The molecule has 154 valence electrons. The summed E-state index contributed by atoms with van der Waals surface area (Å²) in [7, 11) is -3.87. The normalized spacial score (nSPS) is 24.0. The van der Waals surface area contributed by atoms with Crippen LogP contribution in [0, 0.1) is 11.8 Å². The maximum atomic E-state index is 11.0. The first-order valence-corrected chi connectivity index (χ1v) is 11.7. The van der Waals surface area contributed by atoms with Crippen molar-refractivity contribution in [1.29, 1.82) is 0 Å². The van der Waals surface area contributed by atoms with Gasteiger partial charge in [0, 0.05) is 18.8 Å². The minimum absolute atomic E-state index is 0.151. The highest BCUT2D eigenvalue weighted by molar-refractivity contribution is 7.84. The molecular weight excluding hydrogens is 378 g/mol. The van der Waals surface area contributed by atoms with Gasteiger partial charge in [-0.1, -0.05) is 19.3 Å². The van der Waals surface area contributed by atoms with Crippen LogP contribution in [0.15, 0.2) is 18.6 Å². The van der Waals surface area contributed by atoms with Crippen molar-refractivity contribution >= 4 is 27.2 Å². The van der Waals surface area contributed by atoms with E-state index in [2.05, 4.69) is 32.1 Å². The van der Waals surface area contributed by atoms with Gasteiger partial charge in [-0.2, -0.15) is 8.42 Å². The second-order valence-corrected chi connectivity index (χ2v) is 9.40. The third-order valence-electron chi connectivity index (χ3n) is 6.17. The molecule has 28 heavy (non-hydrogen) atoms. The van der Waals surface area contributed by atoms with Crippen molar-refractivity contribution in [2.24, 2.45) is 17.0 Å². The van der Waals surface area contributed by atoms with E-state index >= 15 is 0 Å². The lowest BCUT2D eigenvalue weighted by molar-refractivity contribution is 0.253. The van der Waals surface area contributed by atoms with Gasteiger partial charge in [0.1, 0.15) is 17.8 Å². The topological polar surface area (TPSA) is 112 Å². The molecule has 2 heterocycles. The Balaban J connectivity index is 1.43. The molecule has 0 spiro atoms. The minimum atomic E-state index is -3.87. The smallest absolute Gasteiger partial charge is 0.333 e. The molecule has 8 nitrogen and oxygen atoms in total. The fraction of sp³-hybridized carbons (Fsp3) is 0.684. The van der Waals surface area contributed by atoms with Crippen molar-refractivity contribution in [3.8, 4) is 0 Å². The van der Waals surface area contributed by atoms with Crippen LogP contribution in [0.25, 0.3) is 11.0 Å². The maximum Gasteiger partial charge on any atom is 0.333 e. The Morgan fingerprint density at radius 2 is 1.96 bits per heavy atom. The molecule has 2 aromatic rings. The van der Waals surface area contributed by atoms with Crippen LogP contribution in [0.2, 0.25) is 0 Å². The van der Waals surface area contributed by atoms with Crippen LogP contribution in [0.3, 0.4) is 0 Å².